The van der Waals surface area contributed by atoms with E-state index in [1.54, 1.807) is 13.3 Å². The minimum Gasteiger partial charge on any atom is -0.481 e. The van der Waals surface area contributed by atoms with E-state index in [1.807, 2.05) is 23.1 Å². The summed E-state index contributed by atoms with van der Waals surface area (Å²) < 4.78 is 5.22. The van der Waals surface area contributed by atoms with E-state index in [4.69, 9.17) is 4.74 Å². The first-order chi connectivity index (χ1) is 12.3. The Hall–Kier alpha value is -2.56. The number of likely N-dealkylation sites (tertiary alicyclic amines) is 1. The molecule has 1 aromatic carbocycles. The normalized spacial score (nSPS) is 15.0. The Morgan fingerprint density at radius 3 is 2.68 bits per heavy atom. The van der Waals surface area contributed by atoms with Crippen LogP contribution < -0.4 is 10.1 Å². The maximum absolute atomic E-state index is 12.4. The molecule has 3 rings (SSSR count). The number of piperidine rings is 1. The highest BCUT2D eigenvalue weighted by molar-refractivity contribution is 5.74. The van der Waals surface area contributed by atoms with Crippen LogP contribution in [-0.4, -0.2) is 36.1 Å². The summed E-state index contributed by atoms with van der Waals surface area (Å²) in [7, 11) is 1.59. The number of pyridine rings is 1. The van der Waals surface area contributed by atoms with Crippen molar-refractivity contribution < 1.29 is 9.53 Å². The van der Waals surface area contributed by atoms with E-state index in [2.05, 4.69) is 34.6 Å². The summed E-state index contributed by atoms with van der Waals surface area (Å²) in [6, 6.07) is 14.3. The molecule has 5 heteroatoms. The number of amides is 2. The first-order valence-corrected chi connectivity index (χ1v) is 8.81. The van der Waals surface area contributed by atoms with Crippen LogP contribution >= 0.6 is 0 Å². The molecule has 1 aliphatic rings. The quantitative estimate of drug-likeness (QED) is 0.910. The number of carbonyl (C=O) groups excluding carboxylic acids is 1. The lowest BCUT2D eigenvalue weighted by atomic mass is 9.90. The third kappa shape index (κ3) is 4.72. The Balaban J connectivity index is 1.45. The predicted octanol–water partition coefficient (Wildman–Crippen LogP) is 3.25. The number of rotatable bonds is 5. The number of benzene rings is 1. The zero-order chi connectivity index (χ0) is 17.5. The summed E-state index contributed by atoms with van der Waals surface area (Å²) >= 11 is 0. The van der Waals surface area contributed by atoms with Gasteiger partial charge in [-0.1, -0.05) is 36.4 Å². The van der Waals surface area contributed by atoms with Crippen LogP contribution in [0.5, 0.6) is 5.88 Å². The van der Waals surface area contributed by atoms with E-state index in [-0.39, 0.29) is 6.03 Å². The van der Waals surface area contributed by atoms with E-state index in [9.17, 15) is 4.79 Å². The molecular formula is C20H25N3O2. The van der Waals surface area contributed by atoms with Crippen LogP contribution in [0.15, 0.2) is 48.7 Å². The van der Waals surface area contributed by atoms with E-state index in [0.29, 0.717) is 18.3 Å². The molecule has 1 saturated heterocycles. The van der Waals surface area contributed by atoms with Gasteiger partial charge in [-0.3, -0.25) is 0 Å². The van der Waals surface area contributed by atoms with E-state index in [1.165, 1.54) is 5.56 Å². The van der Waals surface area contributed by atoms with Crippen molar-refractivity contribution in [2.45, 2.75) is 25.8 Å². The van der Waals surface area contributed by atoms with Crippen LogP contribution in [0.1, 0.15) is 24.0 Å². The van der Waals surface area contributed by atoms with Gasteiger partial charge in [-0.15, -0.1) is 0 Å². The fraction of sp³-hybridized carbons (Fsp3) is 0.400. The molecule has 1 fully saturated rings. The maximum Gasteiger partial charge on any atom is 0.317 e. The maximum atomic E-state index is 12.4. The predicted molar refractivity (Wildman–Crippen MR) is 97.5 cm³/mol. The second-order valence-corrected chi connectivity index (χ2v) is 6.45. The Bertz CT molecular complexity index is 682. The van der Waals surface area contributed by atoms with Crippen LogP contribution in [0.3, 0.4) is 0 Å². The SMILES string of the molecule is COc1ncccc1CNC(=O)N1CCC(Cc2ccccc2)CC1. The van der Waals surface area contributed by atoms with Gasteiger partial charge in [-0.25, -0.2) is 9.78 Å². The highest BCUT2D eigenvalue weighted by Gasteiger charge is 2.23. The van der Waals surface area contributed by atoms with E-state index >= 15 is 0 Å². The van der Waals surface area contributed by atoms with Crippen molar-refractivity contribution in [1.82, 2.24) is 15.2 Å². The third-order valence-corrected chi connectivity index (χ3v) is 4.74. The van der Waals surface area contributed by atoms with E-state index < -0.39 is 0 Å². The van der Waals surface area contributed by atoms with Gasteiger partial charge in [-0.05, 0) is 36.8 Å². The van der Waals surface area contributed by atoms with E-state index in [0.717, 1.165) is 37.9 Å². The molecule has 0 spiro atoms. The zero-order valence-corrected chi connectivity index (χ0v) is 14.6. The lowest BCUT2D eigenvalue weighted by Gasteiger charge is -2.32. The molecule has 2 aromatic rings. The molecule has 25 heavy (non-hydrogen) atoms. The van der Waals surface area contributed by atoms with Crippen LogP contribution in [0.2, 0.25) is 0 Å². The first kappa shape index (κ1) is 17.3. The summed E-state index contributed by atoms with van der Waals surface area (Å²) in [6.45, 7) is 2.06. The number of carbonyl (C=O) groups is 1. The highest BCUT2D eigenvalue weighted by Crippen LogP contribution is 2.22. The summed E-state index contributed by atoms with van der Waals surface area (Å²) in [6.07, 6.45) is 4.89. The fourth-order valence-corrected chi connectivity index (χ4v) is 3.31. The lowest BCUT2D eigenvalue weighted by molar-refractivity contribution is 0.170. The molecule has 0 aliphatic carbocycles. The van der Waals surface area contributed by atoms with Crippen LogP contribution in [0, 0.1) is 5.92 Å². The second kappa shape index (κ2) is 8.51. The zero-order valence-electron chi connectivity index (χ0n) is 14.6. The molecule has 2 amide bonds. The van der Waals surface area contributed by atoms with Crippen LogP contribution in [0.4, 0.5) is 4.79 Å². The smallest absolute Gasteiger partial charge is 0.317 e. The number of hydrogen-bond donors (Lipinski definition) is 1. The number of nitrogens with one attached hydrogen (secondary N) is 1. The van der Waals surface area contributed by atoms with Gasteiger partial charge in [-0.2, -0.15) is 0 Å². The highest BCUT2D eigenvalue weighted by atomic mass is 16.5. The van der Waals surface area contributed by atoms with Crippen molar-refractivity contribution in [1.29, 1.82) is 0 Å². The Kier molecular flexibility index (Phi) is 5.88. The number of aromatic nitrogens is 1. The molecule has 0 radical (unpaired) electrons. The summed E-state index contributed by atoms with van der Waals surface area (Å²) in [4.78, 5) is 18.4. The lowest BCUT2D eigenvalue weighted by Crippen LogP contribution is -2.44. The minimum absolute atomic E-state index is 0.0101. The van der Waals surface area contributed by atoms with Crippen LogP contribution in [0.25, 0.3) is 0 Å². The summed E-state index contributed by atoms with van der Waals surface area (Å²) in [5.41, 5.74) is 2.27. The van der Waals surface area contributed by atoms with Gasteiger partial charge in [0.15, 0.2) is 0 Å². The number of ether oxygens (including phenoxy) is 1. The second-order valence-electron chi connectivity index (χ2n) is 6.45. The van der Waals surface area contributed by atoms with Gasteiger partial charge in [0.05, 0.1) is 7.11 Å². The molecular weight excluding hydrogens is 314 g/mol. The molecule has 0 unspecified atom stereocenters. The van der Waals surface area contributed by atoms with Crippen molar-refractivity contribution in [3.63, 3.8) is 0 Å². The molecule has 1 aliphatic heterocycles. The number of methoxy groups -OCH3 is 1. The fourth-order valence-electron chi connectivity index (χ4n) is 3.31. The molecule has 5 nitrogen and oxygen atoms in total. The summed E-state index contributed by atoms with van der Waals surface area (Å²) in [5, 5.41) is 2.97. The van der Waals surface area contributed by atoms with Gasteiger partial charge >= 0.3 is 6.03 Å². The molecule has 1 N–H and O–H groups in total. The molecule has 2 heterocycles. The van der Waals surface area contributed by atoms with Crippen molar-refractivity contribution >= 4 is 6.03 Å². The first-order valence-electron chi connectivity index (χ1n) is 8.81. The number of urea groups is 1. The van der Waals surface area contributed by atoms with Gasteiger partial charge in [0.1, 0.15) is 0 Å². The molecule has 132 valence electrons. The average Bonchev–Trinajstić information content (AvgIpc) is 2.67. The topological polar surface area (TPSA) is 54.5 Å². The molecule has 1 aromatic heterocycles. The minimum atomic E-state index is -0.0101. The largest absolute Gasteiger partial charge is 0.481 e. The van der Waals surface area contributed by atoms with Crippen molar-refractivity contribution in [3.8, 4) is 5.88 Å². The average molecular weight is 339 g/mol. The number of nitrogens with zero attached hydrogens (tertiary/aromatic N) is 2. The van der Waals surface area contributed by atoms with Crippen molar-refractivity contribution in [2.75, 3.05) is 20.2 Å². The molecule has 0 atom stereocenters. The Labute approximate surface area is 149 Å². The molecule has 0 bridgehead atoms. The molecule has 0 saturated carbocycles. The van der Waals surface area contributed by atoms with Gasteiger partial charge in [0, 0.05) is 31.4 Å². The Morgan fingerprint density at radius 2 is 1.96 bits per heavy atom. The van der Waals surface area contributed by atoms with Crippen molar-refractivity contribution in [3.05, 3.63) is 59.8 Å². The monoisotopic (exact) mass is 339 g/mol. The summed E-state index contributed by atoms with van der Waals surface area (Å²) in [5.74, 6) is 1.22. The van der Waals surface area contributed by atoms with Gasteiger partial charge in [0.25, 0.3) is 0 Å². The van der Waals surface area contributed by atoms with Gasteiger partial charge < -0.3 is 15.0 Å². The van der Waals surface area contributed by atoms with Gasteiger partial charge in [0.2, 0.25) is 5.88 Å². The standard InChI is InChI=1S/C20H25N3O2/c1-25-19-18(8-5-11-21-19)15-22-20(24)23-12-9-17(10-13-23)14-16-6-3-2-4-7-16/h2-8,11,17H,9-10,12-15H2,1H3,(H,22,24). The number of hydrogen-bond acceptors (Lipinski definition) is 3. The van der Waals surface area contributed by atoms with Crippen molar-refractivity contribution in [2.24, 2.45) is 5.92 Å². The van der Waals surface area contributed by atoms with Crippen LogP contribution in [-0.2, 0) is 13.0 Å². The third-order valence-electron chi connectivity index (χ3n) is 4.74. The Morgan fingerprint density at radius 1 is 1.20 bits per heavy atom.